The van der Waals surface area contributed by atoms with Crippen LogP contribution in [0.5, 0.6) is 0 Å². The van der Waals surface area contributed by atoms with E-state index in [2.05, 4.69) is 15.5 Å². The summed E-state index contributed by atoms with van der Waals surface area (Å²) >= 11 is 6.18. The van der Waals surface area contributed by atoms with Crippen LogP contribution in [0.25, 0.3) is 0 Å². The van der Waals surface area contributed by atoms with E-state index < -0.39 is 0 Å². The van der Waals surface area contributed by atoms with Gasteiger partial charge in [0.25, 0.3) is 5.91 Å². The molecule has 0 aliphatic carbocycles. The van der Waals surface area contributed by atoms with Crippen molar-refractivity contribution in [3.8, 4) is 0 Å². The third-order valence-electron chi connectivity index (χ3n) is 5.83. The van der Waals surface area contributed by atoms with Crippen molar-refractivity contribution in [2.45, 2.75) is 19.4 Å². The smallest absolute Gasteiger partial charge is 0.253 e. The molecule has 2 aromatic carbocycles. The van der Waals surface area contributed by atoms with Gasteiger partial charge in [-0.25, -0.2) is 0 Å². The van der Waals surface area contributed by atoms with Crippen LogP contribution >= 0.6 is 11.6 Å². The van der Waals surface area contributed by atoms with E-state index in [1.165, 1.54) is 0 Å². The van der Waals surface area contributed by atoms with Gasteiger partial charge in [-0.15, -0.1) is 0 Å². The minimum atomic E-state index is -0.116. The van der Waals surface area contributed by atoms with E-state index in [9.17, 15) is 9.59 Å². The number of rotatable bonds is 7. The molecule has 2 heterocycles. The minimum absolute atomic E-state index is 0.0832. The van der Waals surface area contributed by atoms with E-state index in [1.54, 1.807) is 0 Å². The zero-order valence-electron chi connectivity index (χ0n) is 18.1. The lowest BCUT2D eigenvalue weighted by Gasteiger charge is -2.30. The molecule has 2 saturated heterocycles. The van der Waals surface area contributed by atoms with Crippen LogP contribution in [-0.4, -0.2) is 62.7 Å². The predicted octanol–water partition coefficient (Wildman–Crippen LogP) is 3.14. The number of nitrogens with zero attached hydrogens (tertiary/aromatic N) is 2. The molecule has 0 saturated carbocycles. The normalized spacial score (nSPS) is 16.2. The van der Waals surface area contributed by atoms with Crippen LogP contribution in [-0.2, 0) is 16.1 Å². The Morgan fingerprint density at radius 1 is 0.969 bits per heavy atom. The van der Waals surface area contributed by atoms with Gasteiger partial charge in [0.1, 0.15) is 0 Å². The van der Waals surface area contributed by atoms with Crippen molar-refractivity contribution < 1.29 is 14.3 Å². The summed E-state index contributed by atoms with van der Waals surface area (Å²) in [5, 5.41) is 6.76. The summed E-state index contributed by atoms with van der Waals surface area (Å²) in [5.41, 5.74) is 3.50. The maximum absolute atomic E-state index is 12.4. The highest BCUT2D eigenvalue weighted by atomic mass is 35.5. The number of anilines is 2. The van der Waals surface area contributed by atoms with Crippen molar-refractivity contribution in [1.82, 2.24) is 10.2 Å². The molecule has 2 aliphatic rings. The highest BCUT2D eigenvalue weighted by Gasteiger charge is 2.19. The maximum atomic E-state index is 12.4. The Labute approximate surface area is 193 Å². The molecule has 2 aliphatic heterocycles. The van der Waals surface area contributed by atoms with Gasteiger partial charge in [-0.1, -0.05) is 23.7 Å². The number of ether oxygens (including phenoxy) is 1. The van der Waals surface area contributed by atoms with Crippen LogP contribution in [0.3, 0.4) is 0 Å². The molecule has 0 unspecified atom stereocenters. The number of morpholine rings is 1. The first-order chi connectivity index (χ1) is 15.6. The third-order valence-corrected chi connectivity index (χ3v) is 6.07. The number of hydrogen-bond donors (Lipinski definition) is 2. The van der Waals surface area contributed by atoms with Crippen LogP contribution in [0.15, 0.2) is 42.5 Å². The fourth-order valence-electron chi connectivity index (χ4n) is 4.04. The molecule has 2 amide bonds. The SMILES string of the molecule is O=C(CNc1cc(Cl)ccc1N1CCOCC1)NCc1ccc(C(=O)N2CCCC2)cc1. The predicted molar refractivity (Wildman–Crippen MR) is 126 cm³/mol. The summed E-state index contributed by atoms with van der Waals surface area (Å²) in [4.78, 5) is 29.0. The Morgan fingerprint density at radius 3 is 2.41 bits per heavy atom. The van der Waals surface area contributed by atoms with Crippen molar-refractivity contribution in [1.29, 1.82) is 0 Å². The molecule has 0 spiro atoms. The molecule has 2 fully saturated rings. The number of benzene rings is 2. The topological polar surface area (TPSA) is 73.9 Å². The molecule has 0 radical (unpaired) electrons. The van der Waals surface area contributed by atoms with Crippen LogP contribution in [0, 0.1) is 0 Å². The van der Waals surface area contributed by atoms with Gasteiger partial charge in [0.2, 0.25) is 5.91 Å². The van der Waals surface area contributed by atoms with Crippen molar-refractivity contribution in [3.05, 3.63) is 58.6 Å². The van der Waals surface area contributed by atoms with Gasteiger partial charge in [-0.3, -0.25) is 9.59 Å². The number of carbonyl (C=O) groups excluding carboxylic acids is 2. The molecule has 170 valence electrons. The van der Waals surface area contributed by atoms with Crippen LogP contribution in [0.1, 0.15) is 28.8 Å². The van der Waals surface area contributed by atoms with E-state index >= 15 is 0 Å². The van der Waals surface area contributed by atoms with Gasteiger partial charge in [0, 0.05) is 43.3 Å². The number of halogens is 1. The Balaban J connectivity index is 1.28. The molecular weight excluding hydrogens is 428 g/mol. The van der Waals surface area contributed by atoms with E-state index in [0.717, 1.165) is 56.0 Å². The summed E-state index contributed by atoms with van der Waals surface area (Å²) in [5.74, 6) is -0.0324. The molecule has 7 nitrogen and oxygen atoms in total. The average Bonchev–Trinajstić information content (AvgIpc) is 3.37. The van der Waals surface area contributed by atoms with Crippen LogP contribution in [0.2, 0.25) is 5.02 Å². The average molecular weight is 457 g/mol. The van der Waals surface area contributed by atoms with Crippen LogP contribution in [0.4, 0.5) is 11.4 Å². The summed E-state index contributed by atoms with van der Waals surface area (Å²) < 4.78 is 5.43. The van der Waals surface area contributed by atoms with Gasteiger partial charge in [0.15, 0.2) is 0 Å². The Morgan fingerprint density at radius 2 is 1.69 bits per heavy atom. The number of hydrogen-bond acceptors (Lipinski definition) is 5. The van der Waals surface area contributed by atoms with E-state index in [4.69, 9.17) is 16.3 Å². The molecule has 0 aromatic heterocycles. The maximum Gasteiger partial charge on any atom is 0.253 e. The monoisotopic (exact) mass is 456 g/mol. The number of nitrogens with one attached hydrogen (secondary N) is 2. The number of likely N-dealkylation sites (tertiary alicyclic amines) is 1. The fraction of sp³-hybridized carbons (Fsp3) is 0.417. The molecular formula is C24H29ClN4O3. The molecule has 32 heavy (non-hydrogen) atoms. The minimum Gasteiger partial charge on any atom is -0.378 e. The van der Waals surface area contributed by atoms with E-state index in [-0.39, 0.29) is 18.4 Å². The Hall–Kier alpha value is -2.77. The zero-order valence-corrected chi connectivity index (χ0v) is 18.9. The lowest BCUT2D eigenvalue weighted by Crippen LogP contribution is -2.37. The standard InChI is InChI=1S/C24H29ClN4O3/c25-20-7-8-22(28-11-13-32-14-12-28)21(15-20)26-17-23(30)27-16-18-3-5-19(6-4-18)24(31)29-9-1-2-10-29/h3-8,15,26H,1-2,9-14,16-17H2,(H,27,30). The van der Waals surface area contributed by atoms with Gasteiger partial charge in [-0.2, -0.15) is 0 Å². The van der Waals surface area contributed by atoms with Gasteiger partial charge >= 0.3 is 0 Å². The summed E-state index contributed by atoms with van der Waals surface area (Å²) in [6, 6.07) is 13.1. The number of carbonyl (C=O) groups is 2. The zero-order chi connectivity index (χ0) is 22.3. The Kier molecular flexibility index (Phi) is 7.50. The van der Waals surface area contributed by atoms with Crippen molar-refractivity contribution >= 4 is 34.8 Å². The second kappa shape index (κ2) is 10.7. The summed E-state index contributed by atoms with van der Waals surface area (Å²) in [6.45, 7) is 5.20. The first-order valence-electron chi connectivity index (χ1n) is 11.1. The quantitative estimate of drug-likeness (QED) is 0.669. The van der Waals surface area contributed by atoms with E-state index in [0.29, 0.717) is 30.3 Å². The van der Waals surface area contributed by atoms with Crippen molar-refractivity contribution in [2.75, 3.05) is 56.2 Å². The Bertz CT molecular complexity index is 939. The molecule has 2 N–H and O–H groups in total. The van der Waals surface area contributed by atoms with Crippen LogP contribution < -0.4 is 15.5 Å². The van der Waals surface area contributed by atoms with Gasteiger partial charge in [-0.05, 0) is 48.7 Å². The molecule has 2 aromatic rings. The summed E-state index contributed by atoms with van der Waals surface area (Å²) in [7, 11) is 0. The molecule has 8 heteroatoms. The molecule has 4 rings (SSSR count). The second-order valence-electron chi connectivity index (χ2n) is 8.09. The number of amides is 2. The van der Waals surface area contributed by atoms with Crippen molar-refractivity contribution in [2.24, 2.45) is 0 Å². The fourth-order valence-corrected chi connectivity index (χ4v) is 4.21. The van der Waals surface area contributed by atoms with Gasteiger partial charge in [0.05, 0.1) is 31.1 Å². The largest absolute Gasteiger partial charge is 0.378 e. The first kappa shape index (κ1) is 22.4. The molecule has 0 bridgehead atoms. The first-order valence-corrected chi connectivity index (χ1v) is 11.5. The second-order valence-corrected chi connectivity index (χ2v) is 8.52. The highest BCUT2D eigenvalue weighted by molar-refractivity contribution is 6.31. The van der Waals surface area contributed by atoms with Gasteiger partial charge < -0.3 is 25.2 Å². The lowest BCUT2D eigenvalue weighted by atomic mass is 10.1. The highest BCUT2D eigenvalue weighted by Crippen LogP contribution is 2.29. The summed E-state index contributed by atoms with van der Waals surface area (Å²) in [6.07, 6.45) is 2.15. The third kappa shape index (κ3) is 5.72. The van der Waals surface area contributed by atoms with Crippen molar-refractivity contribution in [3.63, 3.8) is 0 Å². The molecule has 0 atom stereocenters. The van der Waals surface area contributed by atoms with E-state index in [1.807, 2.05) is 47.4 Å². The lowest BCUT2D eigenvalue weighted by molar-refractivity contribution is -0.119.